The van der Waals surface area contributed by atoms with Crippen molar-refractivity contribution in [3.8, 4) is 5.75 Å². The van der Waals surface area contributed by atoms with Gasteiger partial charge in [0, 0.05) is 49.5 Å². The number of rotatable bonds is 5. The first kappa shape index (κ1) is 24.8. The van der Waals surface area contributed by atoms with Gasteiger partial charge in [-0.15, -0.1) is 0 Å². The molecule has 1 aliphatic rings. The molecular formula is C30H36N6O. The van der Waals surface area contributed by atoms with Crippen LogP contribution >= 0.6 is 0 Å². The quantitative estimate of drug-likeness (QED) is 0.245. The Morgan fingerprint density at radius 1 is 1.03 bits per heavy atom. The van der Waals surface area contributed by atoms with E-state index in [2.05, 4.69) is 54.5 Å². The summed E-state index contributed by atoms with van der Waals surface area (Å²) >= 11 is 0. The average molecular weight is 497 g/mol. The number of nitrogens with two attached hydrogens (primary N) is 1. The molecule has 0 saturated carbocycles. The first-order chi connectivity index (χ1) is 17.6. The van der Waals surface area contributed by atoms with Crippen molar-refractivity contribution in [2.75, 3.05) is 13.1 Å². The Morgan fingerprint density at radius 3 is 2.38 bits per heavy atom. The molecule has 0 radical (unpaired) electrons. The first-order valence-corrected chi connectivity index (χ1v) is 12.9. The van der Waals surface area contributed by atoms with Gasteiger partial charge in [-0.1, -0.05) is 57.2 Å². The molecule has 0 spiro atoms. The topological polar surface area (TPSA) is 104 Å². The first-order valence-electron chi connectivity index (χ1n) is 12.9. The zero-order valence-electron chi connectivity index (χ0n) is 22.1. The largest absolute Gasteiger partial charge is 0.490 e. The fourth-order valence-corrected chi connectivity index (χ4v) is 5.31. The van der Waals surface area contributed by atoms with E-state index >= 15 is 0 Å². The lowest BCUT2D eigenvalue weighted by atomic mass is 9.95. The third kappa shape index (κ3) is 4.90. The Hall–Kier alpha value is -3.87. The number of hydrogen-bond acceptors (Lipinski definition) is 4. The molecule has 0 amide bonds. The molecule has 1 saturated heterocycles. The normalized spacial score (nSPS) is 14.9. The molecular weight excluding hydrogens is 460 g/mol. The average Bonchev–Trinajstić information content (AvgIpc) is 3.22. The fraction of sp³-hybridized carbons (Fsp3) is 0.367. The van der Waals surface area contributed by atoms with Gasteiger partial charge in [-0.3, -0.25) is 10.8 Å². The Labute approximate surface area is 218 Å². The van der Waals surface area contributed by atoms with Gasteiger partial charge in [0.25, 0.3) is 0 Å². The van der Waals surface area contributed by atoms with Crippen molar-refractivity contribution in [1.82, 2.24) is 14.5 Å². The van der Waals surface area contributed by atoms with E-state index in [4.69, 9.17) is 26.3 Å². The van der Waals surface area contributed by atoms with E-state index in [9.17, 15) is 0 Å². The summed E-state index contributed by atoms with van der Waals surface area (Å²) < 4.78 is 8.73. The summed E-state index contributed by atoms with van der Waals surface area (Å²) in [5, 5.41) is 18.0. The Bertz CT molecular complexity index is 1490. The Morgan fingerprint density at radius 2 is 1.73 bits per heavy atom. The summed E-state index contributed by atoms with van der Waals surface area (Å²) in [5.41, 5.74) is 9.65. The van der Waals surface area contributed by atoms with Crippen LogP contribution in [0.4, 0.5) is 0 Å². The van der Waals surface area contributed by atoms with Crippen molar-refractivity contribution in [1.29, 1.82) is 10.8 Å². The van der Waals surface area contributed by atoms with Crippen molar-refractivity contribution in [3.05, 3.63) is 71.5 Å². The molecule has 0 aliphatic carbocycles. The van der Waals surface area contributed by atoms with Crippen LogP contribution in [-0.2, 0) is 12.0 Å². The van der Waals surface area contributed by atoms with E-state index in [1.54, 1.807) is 0 Å². The predicted molar refractivity (Wildman–Crippen MR) is 151 cm³/mol. The molecule has 1 fully saturated rings. The minimum absolute atomic E-state index is 0.0783. The highest BCUT2D eigenvalue weighted by Gasteiger charge is 2.25. The van der Waals surface area contributed by atoms with Gasteiger partial charge in [0.1, 0.15) is 23.5 Å². The van der Waals surface area contributed by atoms with Crippen LogP contribution in [0, 0.1) is 10.8 Å². The van der Waals surface area contributed by atoms with Crippen LogP contribution in [0.5, 0.6) is 5.75 Å². The van der Waals surface area contributed by atoms with Gasteiger partial charge < -0.3 is 19.9 Å². The number of imidazole rings is 1. The number of nitrogens with one attached hydrogen (secondary N) is 2. The Kier molecular flexibility index (Phi) is 6.40. The fourth-order valence-electron chi connectivity index (χ4n) is 5.31. The highest BCUT2D eigenvalue weighted by Crippen LogP contribution is 2.32. The van der Waals surface area contributed by atoms with Crippen molar-refractivity contribution >= 4 is 33.5 Å². The number of likely N-dealkylation sites (tertiary alicyclic amines) is 1. The van der Waals surface area contributed by atoms with Crippen molar-refractivity contribution in [3.63, 3.8) is 0 Å². The second-order valence-electron chi connectivity index (χ2n) is 11.0. The lowest BCUT2D eigenvalue weighted by Crippen LogP contribution is -2.40. The maximum Gasteiger partial charge on any atom is 0.123 e. The summed E-state index contributed by atoms with van der Waals surface area (Å²) in [5.74, 6) is 2.59. The van der Waals surface area contributed by atoms with E-state index in [1.807, 2.05) is 37.3 Å². The number of ether oxygens (including phenoxy) is 1. The number of benzene rings is 3. The highest BCUT2D eigenvalue weighted by atomic mass is 16.5. The van der Waals surface area contributed by atoms with Crippen molar-refractivity contribution in [2.45, 2.75) is 58.6 Å². The SMILES string of the molecule is CC(=N)N1CCC(Oc2ccc3nc(C(C)(C)C)n(Cc4ccc(C(=N)N)c5ccccc45)c3c2)CC1. The van der Waals surface area contributed by atoms with E-state index in [0.29, 0.717) is 12.4 Å². The van der Waals surface area contributed by atoms with Crippen LogP contribution in [0.1, 0.15) is 57.5 Å². The number of aromatic nitrogens is 2. The van der Waals surface area contributed by atoms with Crippen molar-refractivity contribution in [2.24, 2.45) is 5.73 Å². The lowest BCUT2D eigenvalue weighted by molar-refractivity contribution is 0.130. The van der Waals surface area contributed by atoms with Crippen LogP contribution < -0.4 is 10.5 Å². The Balaban J connectivity index is 1.53. The number of hydrogen-bond donors (Lipinski definition) is 3. The lowest BCUT2D eigenvalue weighted by Gasteiger charge is -2.32. The molecule has 3 aromatic carbocycles. The van der Waals surface area contributed by atoms with Gasteiger partial charge in [0.15, 0.2) is 0 Å². The second kappa shape index (κ2) is 9.54. The summed E-state index contributed by atoms with van der Waals surface area (Å²) in [7, 11) is 0. The summed E-state index contributed by atoms with van der Waals surface area (Å²) in [6, 6.07) is 18.4. The highest BCUT2D eigenvalue weighted by molar-refractivity contribution is 6.08. The molecule has 0 atom stereocenters. The predicted octanol–water partition coefficient (Wildman–Crippen LogP) is 5.66. The van der Waals surface area contributed by atoms with Crippen LogP contribution in [0.25, 0.3) is 21.8 Å². The summed E-state index contributed by atoms with van der Waals surface area (Å²) in [6.07, 6.45) is 1.97. The number of piperidine rings is 1. The smallest absolute Gasteiger partial charge is 0.123 e. The number of nitrogens with zero attached hydrogens (tertiary/aromatic N) is 3. The molecule has 0 unspecified atom stereocenters. The van der Waals surface area contributed by atoms with Gasteiger partial charge in [-0.05, 0) is 35.4 Å². The van der Waals surface area contributed by atoms with Gasteiger partial charge in [0.05, 0.1) is 16.9 Å². The van der Waals surface area contributed by atoms with Crippen LogP contribution in [0.15, 0.2) is 54.6 Å². The van der Waals surface area contributed by atoms with Crippen LogP contribution in [-0.4, -0.2) is 45.3 Å². The number of fused-ring (bicyclic) bond motifs is 2. The van der Waals surface area contributed by atoms with Gasteiger partial charge in [-0.25, -0.2) is 4.98 Å². The van der Waals surface area contributed by atoms with E-state index in [0.717, 1.165) is 70.4 Å². The molecule has 5 rings (SSSR count). The summed E-state index contributed by atoms with van der Waals surface area (Å²) in [6.45, 7) is 10.8. The molecule has 1 aliphatic heterocycles. The standard InChI is InChI=1S/C30H36N6O/c1-19(31)35-15-13-21(14-16-35)37-22-10-12-26-27(17-22)36(29(34-26)30(2,3)4)18-20-9-11-25(28(32)33)24-8-6-5-7-23(20)24/h5-12,17,21,31H,13-16,18H2,1-4H3,(H3,32,33). The molecule has 7 heteroatoms. The van der Waals surface area contributed by atoms with E-state index in [-0.39, 0.29) is 17.4 Å². The van der Waals surface area contributed by atoms with Gasteiger partial charge >= 0.3 is 0 Å². The van der Waals surface area contributed by atoms with Crippen molar-refractivity contribution < 1.29 is 4.74 Å². The zero-order valence-corrected chi connectivity index (χ0v) is 22.1. The van der Waals surface area contributed by atoms with E-state index < -0.39 is 0 Å². The third-order valence-electron chi connectivity index (χ3n) is 7.24. The number of amidine groups is 2. The monoisotopic (exact) mass is 496 g/mol. The summed E-state index contributed by atoms with van der Waals surface area (Å²) in [4.78, 5) is 7.15. The number of nitrogen functional groups attached to an aromatic ring is 1. The molecule has 0 bridgehead atoms. The minimum atomic E-state index is -0.146. The maximum atomic E-state index is 8.00. The molecule has 192 valence electrons. The maximum absolute atomic E-state index is 8.00. The molecule has 2 heterocycles. The van der Waals surface area contributed by atoms with E-state index in [1.165, 1.54) is 0 Å². The zero-order chi connectivity index (χ0) is 26.3. The van der Waals surface area contributed by atoms with Crippen LogP contribution in [0.3, 0.4) is 0 Å². The van der Waals surface area contributed by atoms with Gasteiger partial charge in [-0.2, -0.15) is 0 Å². The molecule has 4 aromatic rings. The second-order valence-corrected chi connectivity index (χ2v) is 11.0. The molecule has 4 N–H and O–H groups in total. The third-order valence-corrected chi connectivity index (χ3v) is 7.24. The molecule has 1 aromatic heterocycles. The van der Waals surface area contributed by atoms with Crippen LogP contribution in [0.2, 0.25) is 0 Å². The molecule has 7 nitrogen and oxygen atoms in total. The minimum Gasteiger partial charge on any atom is -0.490 e. The van der Waals surface area contributed by atoms with Gasteiger partial charge in [0.2, 0.25) is 0 Å². The molecule has 37 heavy (non-hydrogen) atoms.